The van der Waals surface area contributed by atoms with Crippen molar-refractivity contribution in [3.8, 4) is 10.6 Å². The van der Waals surface area contributed by atoms with Gasteiger partial charge in [-0.25, -0.2) is 4.98 Å². The van der Waals surface area contributed by atoms with Gasteiger partial charge in [-0.05, 0) is 32.3 Å². The number of piperazine rings is 1. The number of hydrogen-bond donors (Lipinski definition) is 0. The van der Waals surface area contributed by atoms with Crippen LogP contribution in [0.4, 0.5) is 0 Å². The second-order valence-corrected chi connectivity index (χ2v) is 7.33. The van der Waals surface area contributed by atoms with E-state index in [0.717, 1.165) is 40.8 Å². The Morgan fingerprint density at radius 2 is 2.24 bits per heavy atom. The van der Waals surface area contributed by atoms with Gasteiger partial charge in [0.05, 0.1) is 5.69 Å². The normalized spacial score (nSPS) is 20.0. The summed E-state index contributed by atoms with van der Waals surface area (Å²) in [5.74, 6) is 0.132. The molecule has 3 rings (SSSR count). The number of rotatable bonds is 2. The van der Waals surface area contributed by atoms with E-state index in [1.165, 1.54) is 11.3 Å². The highest BCUT2D eigenvalue weighted by molar-refractivity contribution is 7.17. The molecule has 1 aliphatic rings. The van der Waals surface area contributed by atoms with E-state index in [1.807, 2.05) is 17.2 Å². The molecular formula is C15H19N3OS2. The summed E-state index contributed by atoms with van der Waals surface area (Å²) >= 11 is 3.16. The van der Waals surface area contributed by atoms with Crippen LogP contribution in [0.1, 0.15) is 22.3 Å². The zero-order valence-corrected chi connectivity index (χ0v) is 14.1. The Kier molecular flexibility index (Phi) is 4.10. The molecule has 0 aliphatic carbocycles. The van der Waals surface area contributed by atoms with Crippen molar-refractivity contribution in [2.75, 3.05) is 26.7 Å². The second kappa shape index (κ2) is 5.87. The van der Waals surface area contributed by atoms with Crippen LogP contribution >= 0.6 is 22.7 Å². The molecule has 0 radical (unpaired) electrons. The van der Waals surface area contributed by atoms with Crippen LogP contribution in [0.15, 0.2) is 16.8 Å². The summed E-state index contributed by atoms with van der Waals surface area (Å²) in [7, 11) is 2.10. The monoisotopic (exact) mass is 321 g/mol. The average molecular weight is 321 g/mol. The number of hydrogen-bond acceptors (Lipinski definition) is 5. The Morgan fingerprint density at radius 1 is 1.43 bits per heavy atom. The SMILES string of the molecule is Cc1nc(-c2ccsc2)sc1C(=O)N1CCN(C)CC1C. The first-order chi connectivity index (χ1) is 10.1. The van der Waals surface area contributed by atoms with Crippen LogP contribution in [0.25, 0.3) is 10.6 Å². The lowest BCUT2D eigenvalue weighted by Gasteiger charge is -2.38. The summed E-state index contributed by atoms with van der Waals surface area (Å²) in [6.07, 6.45) is 0. The third kappa shape index (κ3) is 2.88. The molecule has 0 saturated carbocycles. The van der Waals surface area contributed by atoms with E-state index in [1.54, 1.807) is 11.3 Å². The molecule has 2 aromatic heterocycles. The van der Waals surface area contributed by atoms with Crippen LogP contribution in [-0.2, 0) is 0 Å². The van der Waals surface area contributed by atoms with Crippen molar-refractivity contribution in [3.63, 3.8) is 0 Å². The van der Waals surface area contributed by atoms with Crippen molar-refractivity contribution in [1.82, 2.24) is 14.8 Å². The number of thiophene rings is 1. The van der Waals surface area contributed by atoms with Gasteiger partial charge < -0.3 is 9.80 Å². The number of carbonyl (C=O) groups is 1. The van der Waals surface area contributed by atoms with Crippen LogP contribution in [0, 0.1) is 6.92 Å². The van der Waals surface area contributed by atoms with Crippen molar-refractivity contribution in [3.05, 3.63) is 27.4 Å². The van der Waals surface area contributed by atoms with Gasteiger partial charge in [-0.2, -0.15) is 11.3 Å². The Morgan fingerprint density at radius 3 is 2.90 bits per heavy atom. The first kappa shape index (κ1) is 14.7. The van der Waals surface area contributed by atoms with Crippen molar-refractivity contribution in [1.29, 1.82) is 0 Å². The van der Waals surface area contributed by atoms with E-state index >= 15 is 0 Å². The molecule has 1 fully saturated rings. The third-order valence-electron chi connectivity index (χ3n) is 3.85. The van der Waals surface area contributed by atoms with Gasteiger partial charge >= 0.3 is 0 Å². The fourth-order valence-corrected chi connectivity index (χ4v) is 4.41. The number of aromatic nitrogens is 1. The maximum atomic E-state index is 12.8. The van der Waals surface area contributed by atoms with Gasteiger partial charge in [0.1, 0.15) is 9.88 Å². The molecule has 0 spiro atoms. The van der Waals surface area contributed by atoms with Gasteiger partial charge in [0.25, 0.3) is 5.91 Å². The van der Waals surface area contributed by atoms with E-state index in [2.05, 4.69) is 35.3 Å². The van der Waals surface area contributed by atoms with Gasteiger partial charge in [0.2, 0.25) is 0 Å². The lowest BCUT2D eigenvalue weighted by atomic mass is 10.2. The number of thiazole rings is 1. The Bertz CT molecular complexity index is 635. The molecule has 112 valence electrons. The molecule has 1 amide bonds. The summed E-state index contributed by atoms with van der Waals surface area (Å²) in [6.45, 7) is 6.71. The van der Waals surface area contributed by atoms with Crippen LogP contribution in [0.2, 0.25) is 0 Å². The lowest BCUT2D eigenvalue weighted by molar-refractivity contribution is 0.0537. The first-order valence-corrected chi connectivity index (χ1v) is 8.81. The average Bonchev–Trinajstić information content (AvgIpc) is 3.07. The topological polar surface area (TPSA) is 36.4 Å². The number of nitrogens with zero attached hydrogens (tertiary/aromatic N) is 3. The number of likely N-dealkylation sites (N-methyl/N-ethyl adjacent to an activating group) is 1. The summed E-state index contributed by atoms with van der Waals surface area (Å²) < 4.78 is 0. The summed E-state index contributed by atoms with van der Waals surface area (Å²) in [5.41, 5.74) is 1.95. The Balaban J connectivity index is 1.85. The number of amides is 1. The highest BCUT2D eigenvalue weighted by atomic mass is 32.1. The summed E-state index contributed by atoms with van der Waals surface area (Å²) in [6, 6.07) is 2.30. The predicted molar refractivity (Wildman–Crippen MR) is 88.2 cm³/mol. The molecule has 0 bridgehead atoms. The Hall–Kier alpha value is -1.24. The van der Waals surface area contributed by atoms with E-state index in [9.17, 15) is 4.79 Å². The molecule has 3 heterocycles. The zero-order valence-electron chi connectivity index (χ0n) is 12.5. The van der Waals surface area contributed by atoms with Crippen LogP contribution in [0.5, 0.6) is 0 Å². The molecule has 0 aromatic carbocycles. The largest absolute Gasteiger partial charge is 0.333 e. The molecule has 1 unspecified atom stereocenters. The molecule has 1 aliphatic heterocycles. The lowest BCUT2D eigenvalue weighted by Crippen LogP contribution is -2.52. The molecule has 6 heteroatoms. The molecular weight excluding hydrogens is 302 g/mol. The maximum absolute atomic E-state index is 12.8. The fraction of sp³-hybridized carbons (Fsp3) is 0.467. The smallest absolute Gasteiger partial charge is 0.266 e. The quantitative estimate of drug-likeness (QED) is 0.853. The Labute approximate surface area is 133 Å². The summed E-state index contributed by atoms with van der Waals surface area (Å²) in [4.78, 5) is 22.4. The van der Waals surface area contributed by atoms with Crippen molar-refractivity contribution in [2.45, 2.75) is 19.9 Å². The molecule has 0 N–H and O–H groups in total. The highest BCUT2D eigenvalue weighted by Gasteiger charge is 2.29. The minimum atomic E-state index is 0.132. The van der Waals surface area contributed by atoms with Gasteiger partial charge in [0.15, 0.2) is 0 Å². The van der Waals surface area contributed by atoms with Crippen LogP contribution in [0.3, 0.4) is 0 Å². The standard InChI is InChI=1S/C15H19N3OS2/c1-10-8-17(3)5-6-18(10)15(19)13-11(2)16-14(21-13)12-4-7-20-9-12/h4,7,9-10H,5-6,8H2,1-3H3. The minimum absolute atomic E-state index is 0.132. The van der Waals surface area contributed by atoms with Crippen molar-refractivity contribution < 1.29 is 4.79 Å². The molecule has 21 heavy (non-hydrogen) atoms. The van der Waals surface area contributed by atoms with Crippen LogP contribution < -0.4 is 0 Å². The second-order valence-electron chi connectivity index (χ2n) is 5.56. The molecule has 1 atom stereocenters. The first-order valence-electron chi connectivity index (χ1n) is 7.05. The predicted octanol–water partition coefficient (Wildman–Crippen LogP) is 2.96. The zero-order chi connectivity index (χ0) is 15.0. The van der Waals surface area contributed by atoms with Gasteiger partial charge in [-0.15, -0.1) is 11.3 Å². The van der Waals surface area contributed by atoms with Gasteiger partial charge in [-0.3, -0.25) is 4.79 Å². The maximum Gasteiger partial charge on any atom is 0.266 e. The number of carbonyl (C=O) groups excluding carboxylic acids is 1. The fourth-order valence-electron chi connectivity index (χ4n) is 2.68. The molecule has 2 aromatic rings. The number of aryl methyl sites for hydroxylation is 1. The van der Waals surface area contributed by atoms with Crippen LogP contribution in [-0.4, -0.2) is 53.4 Å². The van der Waals surface area contributed by atoms with E-state index in [4.69, 9.17) is 0 Å². The van der Waals surface area contributed by atoms with E-state index < -0.39 is 0 Å². The van der Waals surface area contributed by atoms with Crippen molar-refractivity contribution >= 4 is 28.6 Å². The van der Waals surface area contributed by atoms with E-state index in [-0.39, 0.29) is 11.9 Å². The minimum Gasteiger partial charge on any atom is -0.333 e. The van der Waals surface area contributed by atoms with Gasteiger partial charge in [0, 0.05) is 36.6 Å². The van der Waals surface area contributed by atoms with Gasteiger partial charge in [-0.1, -0.05) is 0 Å². The van der Waals surface area contributed by atoms with E-state index in [0.29, 0.717) is 0 Å². The van der Waals surface area contributed by atoms with Crippen molar-refractivity contribution in [2.24, 2.45) is 0 Å². The highest BCUT2D eigenvalue weighted by Crippen LogP contribution is 2.30. The summed E-state index contributed by atoms with van der Waals surface area (Å²) in [5, 5.41) is 5.06. The molecule has 4 nitrogen and oxygen atoms in total. The molecule has 1 saturated heterocycles. The third-order valence-corrected chi connectivity index (χ3v) is 5.73.